The summed E-state index contributed by atoms with van der Waals surface area (Å²) in [5, 5.41) is 5.33. The van der Waals surface area contributed by atoms with Crippen molar-refractivity contribution >= 4 is 28.3 Å². The summed E-state index contributed by atoms with van der Waals surface area (Å²) >= 11 is 0. The molecule has 0 aromatic heterocycles. The largest absolute Gasteiger partial charge is 0.342 e. The summed E-state index contributed by atoms with van der Waals surface area (Å²) in [4.78, 5) is 27.7. The Bertz CT molecular complexity index is 1080. The molecular weight excluding hydrogens is 372 g/mol. The number of likely N-dealkylation sites (tertiary alicyclic amines) is 1. The average Bonchev–Trinajstić information content (AvgIpc) is 2.76. The lowest BCUT2D eigenvalue weighted by atomic mass is 9.95. The number of piperidine rings is 1. The number of anilines is 1. The Morgan fingerprint density at radius 2 is 1.83 bits per heavy atom. The van der Waals surface area contributed by atoms with Crippen LogP contribution < -0.4 is 5.32 Å². The van der Waals surface area contributed by atoms with Crippen LogP contribution in [0.2, 0.25) is 0 Å². The Morgan fingerprint density at radius 3 is 2.67 bits per heavy atom. The number of nitrogens with zero attached hydrogens (tertiary/aromatic N) is 1. The molecule has 1 aliphatic rings. The highest BCUT2D eigenvalue weighted by Gasteiger charge is 2.28. The lowest BCUT2D eigenvalue weighted by Crippen LogP contribution is -2.44. The third-order valence-corrected chi connectivity index (χ3v) is 6.01. The van der Waals surface area contributed by atoms with Crippen LogP contribution in [0.1, 0.15) is 29.5 Å². The van der Waals surface area contributed by atoms with Crippen molar-refractivity contribution in [2.24, 2.45) is 5.92 Å². The first-order valence-electron chi connectivity index (χ1n) is 10.6. The smallest absolute Gasteiger partial charge is 0.229 e. The Balaban J connectivity index is 1.43. The molecule has 3 aromatic rings. The summed E-state index contributed by atoms with van der Waals surface area (Å²) in [5.41, 5.74) is 4.13. The predicted octanol–water partition coefficient (Wildman–Crippen LogP) is 4.88. The normalized spacial score (nSPS) is 16.5. The molecule has 4 nitrogen and oxygen atoms in total. The quantitative estimate of drug-likeness (QED) is 0.679. The van der Waals surface area contributed by atoms with Crippen LogP contribution in [0.5, 0.6) is 0 Å². The first kappa shape index (κ1) is 20.1. The van der Waals surface area contributed by atoms with Crippen molar-refractivity contribution in [3.8, 4) is 0 Å². The molecule has 2 amide bonds. The summed E-state index contributed by atoms with van der Waals surface area (Å²) < 4.78 is 0. The maximum atomic E-state index is 13.0. The van der Waals surface area contributed by atoms with Gasteiger partial charge in [-0.2, -0.15) is 0 Å². The SMILES string of the molecule is Cc1ccc(NC(=O)C2CCCN(C(=O)Cc3cccc4ccccc34)C2)c(C)c1. The van der Waals surface area contributed by atoms with Gasteiger partial charge in [0.25, 0.3) is 0 Å². The van der Waals surface area contributed by atoms with Gasteiger partial charge in [0.2, 0.25) is 11.8 Å². The van der Waals surface area contributed by atoms with Crippen molar-refractivity contribution in [2.45, 2.75) is 33.1 Å². The van der Waals surface area contributed by atoms with E-state index in [4.69, 9.17) is 0 Å². The molecule has 0 aliphatic carbocycles. The van der Waals surface area contributed by atoms with Crippen LogP contribution in [0.15, 0.2) is 60.7 Å². The molecule has 1 fully saturated rings. The van der Waals surface area contributed by atoms with Crippen molar-refractivity contribution in [3.05, 3.63) is 77.4 Å². The predicted molar refractivity (Wildman–Crippen MR) is 122 cm³/mol. The van der Waals surface area contributed by atoms with E-state index in [1.807, 2.05) is 55.1 Å². The number of aryl methyl sites for hydroxylation is 2. The highest BCUT2D eigenvalue weighted by molar-refractivity contribution is 5.94. The average molecular weight is 401 g/mol. The molecule has 0 spiro atoms. The number of carbonyl (C=O) groups is 2. The summed E-state index contributed by atoms with van der Waals surface area (Å²) in [6.45, 7) is 5.25. The molecule has 1 heterocycles. The summed E-state index contributed by atoms with van der Waals surface area (Å²) in [5.74, 6) is -0.0732. The van der Waals surface area contributed by atoms with Crippen LogP contribution >= 0.6 is 0 Å². The Hall–Kier alpha value is -3.14. The highest BCUT2D eigenvalue weighted by Crippen LogP contribution is 2.23. The minimum Gasteiger partial charge on any atom is -0.342 e. The van der Waals surface area contributed by atoms with E-state index in [-0.39, 0.29) is 17.7 Å². The molecule has 4 heteroatoms. The fourth-order valence-electron chi connectivity index (χ4n) is 4.33. The van der Waals surface area contributed by atoms with E-state index in [1.165, 1.54) is 5.56 Å². The monoisotopic (exact) mass is 400 g/mol. The number of amides is 2. The van der Waals surface area contributed by atoms with Crippen LogP contribution in [0, 0.1) is 19.8 Å². The molecule has 1 atom stereocenters. The van der Waals surface area contributed by atoms with Gasteiger partial charge < -0.3 is 10.2 Å². The Morgan fingerprint density at radius 1 is 1.03 bits per heavy atom. The minimum absolute atomic E-state index is 0.00427. The van der Waals surface area contributed by atoms with E-state index >= 15 is 0 Å². The van der Waals surface area contributed by atoms with Gasteiger partial charge in [-0.05, 0) is 54.7 Å². The molecule has 0 radical (unpaired) electrons. The van der Waals surface area contributed by atoms with E-state index in [0.717, 1.165) is 47.0 Å². The zero-order chi connectivity index (χ0) is 21.1. The topological polar surface area (TPSA) is 49.4 Å². The van der Waals surface area contributed by atoms with E-state index in [9.17, 15) is 9.59 Å². The van der Waals surface area contributed by atoms with Gasteiger partial charge in [-0.15, -0.1) is 0 Å². The van der Waals surface area contributed by atoms with Crippen LogP contribution in [0.3, 0.4) is 0 Å². The first-order valence-corrected chi connectivity index (χ1v) is 10.6. The molecule has 1 N–H and O–H groups in total. The third kappa shape index (κ3) is 4.38. The van der Waals surface area contributed by atoms with Crippen molar-refractivity contribution in [1.82, 2.24) is 4.90 Å². The van der Waals surface area contributed by atoms with Gasteiger partial charge in [-0.1, -0.05) is 60.2 Å². The van der Waals surface area contributed by atoms with Crippen molar-refractivity contribution < 1.29 is 9.59 Å². The Kier molecular flexibility index (Phi) is 5.84. The molecular formula is C26H28N2O2. The second-order valence-electron chi connectivity index (χ2n) is 8.30. The number of nitrogens with one attached hydrogen (secondary N) is 1. The molecule has 1 saturated heterocycles. The van der Waals surface area contributed by atoms with Crippen LogP contribution in [-0.4, -0.2) is 29.8 Å². The second kappa shape index (κ2) is 8.70. The fraction of sp³-hybridized carbons (Fsp3) is 0.308. The van der Waals surface area contributed by atoms with Gasteiger partial charge >= 0.3 is 0 Å². The van der Waals surface area contributed by atoms with E-state index < -0.39 is 0 Å². The second-order valence-corrected chi connectivity index (χ2v) is 8.30. The number of carbonyl (C=O) groups excluding carboxylic acids is 2. The van der Waals surface area contributed by atoms with E-state index in [1.54, 1.807) is 0 Å². The molecule has 30 heavy (non-hydrogen) atoms. The van der Waals surface area contributed by atoms with Crippen LogP contribution in [0.4, 0.5) is 5.69 Å². The van der Waals surface area contributed by atoms with E-state index in [2.05, 4.69) is 29.6 Å². The number of hydrogen-bond donors (Lipinski definition) is 1. The molecule has 1 unspecified atom stereocenters. The zero-order valence-electron chi connectivity index (χ0n) is 17.7. The van der Waals surface area contributed by atoms with Crippen molar-refractivity contribution in [3.63, 3.8) is 0 Å². The van der Waals surface area contributed by atoms with Gasteiger partial charge in [0.15, 0.2) is 0 Å². The maximum absolute atomic E-state index is 13.0. The van der Waals surface area contributed by atoms with Gasteiger partial charge in [0, 0.05) is 18.8 Å². The molecule has 1 aliphatic heterocycles. The van der Waals surface area contributed by atoms with E-state index in [0.29, 0.717) is 13.0 Å². The minimum atomic E-state index is -0.170. The maximum Gasteiger partial charge on any atom is 0.229 e. The van der Waals surface area contributed by atoms with Crippen LogP contribution in [-0.2, 0) is 16.0 Å². The van der Waals surface area contributed by atoms with Gasteiger partial charge in [-0.3, -0.25) is 9.59 Å². The Labute approximate surface area is 177 Å². The number of benzene rings is 3. The number of hydrogen-bond acceptors (Lipinski definition) is 2. The van der Waals surface area contributed by atoms with Crippen LogP contribution in [0.25, 0.3) is 10.8 Å². The summed E-state index contributed by atoms with van der Waals surface area (Å²) in [7, 11) is 0. The lowest BCUT2D eigenvalue weighted by Gasteiger charge is -2.32. The first-order chi connectivity index (χ1) is 14.5. The van der Waals surface area contributed by atoms with Gasteiger partial charge in [-0.25, -0.2) is 0 Å². The fourth-order valence-corrected chi connectivity index (χ4v) is 4.33. The third-order valence-electron chi connectivity index (χ3n) is 6.01. The van der Waals surface area contributed by atoms with Gasteiger partial charge in [0.1, 0.15) is 0 Å². The molecule has 4 rings (SSSR count). The standard InChI is InChI=1S/C26H28N2O2/c1-18-12-13-24(19(2)15-18)27-26(30)22-10-6-14-28(17-22)25(29)16-21-9-5-8-20-7-3-4-11-23(20)21/h3-5,7-9,11-13,15,22H,6,10,14,16-17H2,1-2H3,(H,27,30). The number of fused-ring (bicyclic) bond motifs is 1. The highest BCUT2D eigenvalue weighted by atomic mass is 16.2. The van der Waals surface area contributed by atoms with Gasteiger partial charge in [0.05, 0.1) is 12.3 Å². The summed E-state index contributed by atoms with van der Waals surface area (Å²) in [6, 6.07) is 20.3. The molecule has 0 saturated carbocycles. The molecule has 3 aromatic carbocycles. The molecule has 154 valence electrons. The van der Waals surface area contributed by atoms with Crippen molar-refractivity contribution in [2.75, 3.05) is 18.4 Å². The molecule has 0 bridgehead atoms. The zero-order valence-corrected chi connectivity index (χ0v) is 17.7. The summed E-state index contributed by atoms with van der Waals surface area (Å²) in [6.07, 6.45) is 2.04. The lowest BCUT2D eigenvalue weighted by molar-refractivity contribution is -0.133. The van der Waals surface area contributed by atoms with Crippen molar-refractivity contribution in [1.29, 1.82) is 0 Å². The number of rotatable bonds is 4.